The van der Waals surface area contributed by atoms with E-state index in [1.165, 1.54) is 0 Å². The summed E-state index contributed by atoms with van der Waals surface area (Å²) >= 11 is 0. The third-order valence-corrected chi connectivity index (χ3v) is 1.68. The van der Waals surface area contributed by atoms with E-state index in [1.54, 1.807) is 0 Å². The second-order valence-corrected chi connectivity index (χ2v) is 2.81. The first-order chi connectivity index (χ1) is 6.50. The molecule has 0 fully saturated rings. The van der Waals surface area contributed by atoms with Crippen LogP contribution in [0.1, 0.15) is 19.3 Å². The molecule has 0 atom stereocenters. The van der Waals surface area contributed by atoms with E-state index in [1.807, 2.05) is 18.2 Å². The summed E-state index contributed by atoms with van der Waals surface area (Å²) in [5.74, 6) is 0. The third-order valence-electron chi connectivity index (χ3n) is 1.68. The van der Waals surface area contributed by atoms with Gasteiger partial charge in [-0.25, -0.2) is 0 Å². The molecule has 1 radical (unpaired) electrons. The average molecular weight is 171 g/mol. The van der Waals surface area contributed by atoms with E-state index in [0.717, 1.165) is 19.3 Å². The lowest BCUT2D eigenvalue weighted by molar-refractivity contribution is 1.03. The van der Waals surface area contributed by atoms with Gasteiger partial charge in [0.1, 0.15) is 0 Å². The molecular weight excluding hydrogens is 156 g/mol. The molecule has 1 aliphatic carbocycles. The summed E-state index contributed by atoms with van der Waals surface area (Å²) in [6.45, 7) is 0. The lowest BCUT2D eigenvalue weighted by Gasteiger charge is -1.82. The second-order valence-electron chi connectivity index (χ2n) is 2.81. The molecule has 0 saturated heterocycles. The summed E-state index contributed by atoms with van der Waals surface area (Å²) in [6, 6.07) is 0. The van der Waals surface area contributed by atoms with Crippen molar-refractivity contribution in [2.24, 2.45) is 0 Å². The minimum atomic E-state index is 0.998. The van der Waals surface area contributed by atoms with E-state index in [9.17, 15) is 0 Å². The summed E-state index contributed by atoms with van der Waals surface area (Å²) in [5.41, 5.74) is 0. The van der Waals surface area contributed by atoms with Crippen LogP contribution in [0, 0.1) is 6.08 Å². The zero-order valence-electron chi connectivity index (χ0n) is 7.82. The van der Waals surface area contributed by atoms with Crippen molar-refractivity contribution in [2.45, 2.75) is 19.3 Å². The van der Waals surface area contributed by atoms with Crippen molar-refractivity contribution in [3.8, 4) is 0 Å². The topological polar surface area (TPSA) is 0 Å². The smallest absolute Gasteiger partial charge is 0.0163 e. The molecular formula is C13H15. The van der Waals surface area contributed by atoms with Crippen molar-refractivity contribution in [2.75, 3.05) is 0 Å². The maximum Gasteiger partial charge on any atom is -0.0163 e. The molecule has 0 aromatic carbocycles. The van der Waals surface area contributed by atoms with Crippen molar-refractivity contribution in [1.82, 2.24) is 0 Å². The van der Waals surface area contributed by atoms with Crippen LogP contribution in [0.25, 0.3) is 0 Å². The van der Waals surface area contributed by atoms with Gasteiger partial charge in [-0.05, 0) is 25.3 Å². The van der Waals surface area contributed by atoms with E-state index >= 15 is 0 Å². The van der Waals surface area contributed by atoms with E-state index in [4.69, 9.17) is 0 Å². The van der Waals surface area contributed by atoms with Gasteiger partial charge in [-0.3, -0.25) is 0 Å². The van der Waals surface area contributed by atoms with E-state index in [0.29, 0.717) is 0 Å². The molecule has 0 aromatic heterocycles. The summed E-state index contributed by atoms with van der Waals surface area (Å²) in [5, 5.41) is 0. The molecule has 0 saturated carbocycles. The van der Waals surface area contributed by atoms with Gasteiger partial charge in [0.2, 0.25) is 0 Å². The SMILES string of the molecule is [C]1=CC=CC=CCC=CC=CCC1. The minimum absolute atomic E-state index is 0.998. The molecule has 13 heavy (non-hydrogen) atoms. The van der Waals surface area contributed by atoms with E-state index in [-0.39, 0.29) is 0 Å². The standard InChI is InChI=1S/C13H15/c1-2-4-6-8-10-12-13-11-9-7-5-3-1/h1-5,8,10,12-13H,6,9,11H2. The minimum Gasteiger partial charge on any atom is -0.0842 e. The molecule has 0 aromatic rings. The van der Waals surface area contributed by atoms with Gasteiger partial charge in [0.15, 0.2) is 0 Å². The van der Waals surface area contributed by atoms with Gasteiger partial charge in [-0.2, -0.15) is 0 Å². The molecule has 1 rings (SSSR count). The van der Waals surface area contributed by atoms with Gasteiger partial charge in [0.25, 0.3) is 0 Å². The highest BCUT2D eigenvalue weighted by Gasteiger charge is 1.76. The predicted octanol–water partition coefficient (Wildman–Crippen LogP) is 3.75. The third kappa shape index (κ3) is 5.92. The molecule has 0 aliphatic heterocycles. The van der Waals surface area contributed by atoms with Crippen molar-refractivity contribution in [1.29, 1.82) is 0 Å². The van der Waals surface area contributed by atoms with Crippen LogP contribution in [-0.4, -0.2) is 0 Å². The zero-order chi connectivity index (χ0) is 9.19. The molecule has 0 nitrogen and oxygen atoms in total. The molecule has 67 valence electrons. The maximum absolute atomic E-state index is 3.20. The van der Waals surface area contributed by atoms with Crippen LogP contribution >= 0.6 is 0 Å². The number of hydrogen-bond donors (Lipinski definition) is 0. The van der Waals surface area contributed by atoms with Crippen LogP contribution in [0.15, 0.2) is 54.7 Å². The van der Waals surface area contributed by atoms with Crippen LogP contribution in [0.5, 0.6) is 0 Å². The van der Waals surface area contributed by atoms with Crippen LogP contribution in [-0.2, 0) is 0 Å². The number of allylic oxidation sites excluding steroid dienone is 10. The second kappa shape index (κ2) is 7.35. The van der Waals surface area contributed by atoms with Crippen molar-refractivity contribution < 1.29 is 0 Å². The first kappa shape index (κ1) is 9.79. The maximum atomic E-state index is 3.20. The van der Waals surface area contributed by atoms with Gasteiger partial charge in [0.05, 0.1) is 0 Å². The molecule has 0 unspecified atom stereocenters. The Balaban J connectivity index is 2.49. The molecule has 0 heterocycles. The van der Waals surface area contributed by atoms with Gasteiger partial charge in [-0.1, -0.05) is 54.7 Å². The Morgan fingerprint density at radius 1 is 0.769 bits per heavy atom. The van der Waals surface area contributed by atoms with Gasteiger partial charge in [-0.15, -0.1) is 0 Å². The van der Waals surface area contributed by atoms with Crippen LogP contribution in [0.3, 0.4) is 0 Å². The molecule has 0 bridgehead atoms. The van der Waals surface area contributed by atoms with Crippen LogP contribution < -0.4 is 0 Å². The van der Waals surface area contributed by atoms with E-state index in [2.05, 4.69) is 42.5 Å². The predicted molar refractivity (Wildman–Crippen MR) is 58.2 cm³/mol. The quantitative estimate of drug-likeness (QED) is 0.520. The van der Waals surface area contributed by atoms with E-state index < -0.39 is 0 Å². The highest BCUT2D eigenvalue weighted by atomic mass is 13.8. The number of hydrogen-bond acceptors (Lipinski definition) is 0. The molecule has 0 spiro atoms. The lowest BCUT2D eigenvalue weighted by atomic mass is 10.2. The van der Waals surface area contributed by atoms with Gasteiger partial charge < -0.3 is 0 Å². The van der Waals surface area contributed by atoms with Crippen LogP contribution in [0.4, 0.5) is 0 Å². The zero-order valence-corrected chi connectivity index (χ0v) is 7.82. The summed E-state index contributed by atoms with van der Waals surface area (Å²) in [4.78, 5) is 0. The summed E-state index contributed by atoms with van der Waals surface area (Å²) in [7, 11) is 0. The largest absolute Gasteiger partial charge is 0.0842 e. The first-order valence-electron chi connectivity index (χ1n) is 4.70. The van der Waals surface area contributed by atoms with Crippen molar-refractivity contribution in [3.05, 3.63) is 60.8 Å². The Morgan fingerprint density at radius 3 is 2.46 bits per heavy atom. The molecule has 0 amide bonds. The molecule has 0 N–H and O–H groups in total. The van der Waals surface area contributed by atoms with Crippen LogP contribution in [0.2, 0.25) is 0 Å². The van der Waals surface area contributed by atoms with Gasteiger partial charge in [0, 0.05) is 0 Å². The van der Waals surface area contributed by atoms with Crippen molar-refractivity contribution in [3.63, 3.8) is 0 Å². The van der Waals surface area contributed by atoms with Gasteiger partial charge >= 0.3 is 0 Å². The highest BCUT2D eigenvalue weighted by molar-refractivity contribution is 5.12. The first-order valence-corrected chi connectivity index (χ1v) is 4.70. The Labute approximate surface area is 80.7 Å². The van der Waals surface area contributed by atoms with Crippen molar-refractivity contribution >= 4 is 0 Å². The Kier molecular flexibility index (Phi) is 5.54. The fourth-order valence-corrected chi connectivity index (χ4v) is 1.01. The Hall–Kier alpha value is -1.30. The Morgan fingerprint density at radius 2 is 1.54 bits per heavy atom. The Bertz CT molecular complexity index is 249. The summed E-state index contributed by atoms with van der Waals surface area (Å²) in [6.07, 6.45) is 25.0. The fourth-order valence-electron chi connectivity index (χ4n) is 1.01. The molecule has 0 heteroatoms. The lowest BCUT2D eigenvalue weighted by Crippen LogP contribution is -1.63. The monoisotopic (exact) mass is 171 g/mol. The fraction of sp³-hybridized carbons (Fsp3) is 0.231. The number of rotatable bonds is 0. The summed E-state index contributed by atoms with van der Waals surface area (Å²) < 4.78 is 0. The highest BCUT2D eigenvalue weighted by Crippen LogP contribution is 1.95. The normalized spacial score (nSPS) is 17.8. The molecule has 1 aliphatic rings. The average Bonchev–Trinajstić information content (AvgIpc) is 2.18.